The Morgan fingerprint density at radius 2 is 1.67 bits per heavy atom. The fourth-order valence-electron chi connectivity index (χ4n) is 3.50. The van der Waals surface area contributed by atoms with E-state index in [0.717, 1.165) is 35.9 Å². The van der Waals surface area contributed by atoms with Crippen molar-refractivity contribution in [3.63, 3.8) is 0 Å². The van der Waals surface area contributed by atoms with Crippen LogP contribution in [0.2, 0.25) is 0 Å². The van der Waals surface area contributed by atoms with E-state index in [4.69, 9.17) is 10.00 Å². The van der Waals surface area contributed by atoms with E-state index in [-0.39, 0.29) is 11.3 Å². The van der Waals surface area contributed by atoms with Gasteiger partial charge in [-0.25, -0.2) is 9.18 Å². The molecule has 0 fully saturated rings. The zero-order valence-corrected chi connectivity index (χ0v) is 18.9. The number of hydrogen-bond donors (Lipinski definition) is 0. The van der Waals surface area contributed by atoms with Crippen LogP contribution in [0.1, 0.15) is 73.5 Å². The van der Waals surface area contributed by atoms with Crippen molar-refractivity contribution in [2.45, 2.75) is 58.3 Å². The Morgan fingerprint density at radius 3 is 2.30 bits per heavy atom. The number of ether oxygens (including phenoxy) is 1. The number of esters is 1. The molecule has 0 saturated carbocycles. The summed E-state index contributed by atoms with van der Waals surface area (Å²) in [4.78, 5) is 12.3. The summed E-state index contributed by atoms with van der Waals surface area (Å²) < 4.78 is 18.9. The third kappa shape index (κ3) is 7.21. The topological polar surface area (TPSA) is 75.9 Å². The van der Waals surface area contributed by atoms with E-state index < -0.39 is 11.8 Å². The Hall–Kier alpha value is -3.59. The summed E-state index contributed by atoms with van der Waals surface area (Å²) in [5, 5.41) is 17.4. The van der Waals surface area contributed by atoms with Crippen LogP contribution in [0.4, 0.5) is 4.39 Å². The first-order chi connectivity index (χ1) is 16.1. The maximum atomic E-state index is 13.7. The van der Waals surface area contributed by atoms with Gasteiger partial charge in [0.05, 0.1) is 22.5 Å². The number of aryl methyl sites for hydroxylation is 1. The summed E-state index contributed by atoms with van der Waals surface area (Å²) in [7, 11) is 0. The highest BCUT2D eigenvalue weighted by Gasteiger charge is 2.11. The molecule has 0 atom stereocenters. The second kappa shape index (κ2) is 12.4. The van der Waals surface area contributed by atoms with Crippen molar-refractivity contribution in [2.75, 3.05) is 0 Å². The fraction of sp³-hybridized carbons (Fsp3) is 0.333. The lowest BCUT2D eigenvalue weighted by Crippen LogP contribution is -2.08. The minimum absolute atomic E-state index is 0.0444. The number of hydrogen-bond acceptors (Lipinski definition) is 5. The van der Waals surface area contributed by atoms with Crippen LogP contribution in [0.5, 0.6) is 5.75 Å². The molecule has 3 aromatic rings. The van der Waals surface area contributed by atoms with Gasteiger partial charge in [-0.3, -0.25) is 0 Å². The average molecular weight is 446 g/mol. The Morgan fingerprint density at radius 1 is 0.939 bits per heavy atom. The number of halogens is 1. The first kappa shape index (κ1) is 24.1. The molecule has 0 radical (unpaired) electrons. The molecule has 0 aliphatic carbocycles. The quantitative estimate of drug-likeness (QED) is 0.187. The normalized spacial score (nSPS) is 10.6. The highest BCUT2D eigenvalue weighted by atomic mass is 19.1. The van der Waals surface area contributed by atoms with Crippen LogP contribution < -0.4 is 4.74 Å². The van der Waals surface area contributed by atoms with E-state index >= 15 is 0 Å². The Labute approximate surface area is 194 Å². The summed E-state index contributed by atoms with van der Waals surface area (Å²) in [6, 6.07) is 16.2. The van der Waals surface area contributed by atoms with Gasteiger partial charge < -0.3 is 4.74 Å². The van der Waals surface area contributed by atoms with E-state index in [1.807, 2.05) is 12.1 Å². The van der Waals surface area contributed by atoms with Gasteiger partial charge in [-0.05, 0) is 49.2 Å². The number of nitriles is 1. The Balaban J connectivity index is 1.51. The monoisotopic (exact) mass is 445 g/mol. The highest BCUT2D eigenvalue weighted by molar-refractivity contribution is 5.91. The van der Waals surface area contributed by atoms with Crippen molar-refractivity contribution in [1.82, 2.24) is 10.2 Å². The molecule has 170 valence electrons. The van der Waals surface area contributed by atoms with E-state index in [1.165, 1.54) is 50.7 Å². The van der Waals surface area contributed by atoms with E-state index in [2.05, 4.69) is 17.1 Å². The molecule has 2 aromatic carbocycles. The molecule has 5 nitrogen and oxygen atoms in total. The highest BCUT2D eigenvalue weighted by Crippen LogP contribution is 2.20. The van der Waals surface area contributed by atoms with Crippen LogP contribution in [0.3, 0.4) is 0 Å². The van der Waals surface area contributed by atoms with Crippen molar-refractivity contribution >= 4 is 5.97 Å². The van der Waals surface area contributed by atoms with Gasteiger partial charge in [-0.15, -0.1) is 0 Å². The predicted octanol–water partition coefficient (Wildman–Crippen LogP) is 6.67. The van der Waals surface area contributed by atoms with Gasteiger partial charge in [-0.2, -0.15) is 15.5 Å². The summed E-state index contributed by atoms with van der Waals surface area (Å²) in [5.41, 5.74) is 2.78. The van der Waals surface area contributed by atoms with E-state index in [0.29, 0.717) is 5.56 Å². The lowest BCUT2D eigenvalue weighted by atomic mass is 10.1. The van der Waals surface area contributed by atoms with Crippen molar-refractivity contribution < 1.29 is 13.9 Å². The van der Waals surface area contributed by atoms with Gasteiger partial charge in [0.25, 0.3) is 0 Å². The molecule has 1 aromatic heterocycles. The third-order valence-corrected chi connectivity index (χ3v) is 5.44. The average Bonchev–Trinajstić information content (AvgIpc) is 2.84. The zero-order valence-electron chi connectivity index (χ0n) is 18.9. The van der Waals surface area contributed by atoms with E-state index in [9.17, 15) is 9.18 Å². The summed E-state index contributed by atoms with van der Waals surface area (Å²) in [6.45, 7) is 2.23. The van der Waals surface area contributed by atoms with Crippen LogP contribution in [-0.4, -0.2) is 16.2 Å². The lowest BCUT2D eigenvalue weighted by Gasteiger charge is -2.06. The number of rotatable bonds is 11. The number of benzene rings is 2. The molecule has 0 bridgehead atoms. The molecule has 0 N–H and O–H groups in total. The van der Waals surface area contributed by atoms with Crippen LogP contribution in [0.25, 0.3) is 11.3 Å². The molecular formula is C27H28FN3O2. The number of carbonyl (C=O) groups excluding carboxylic acids is 1. The molecule has 0 spiro atoms. The summed E-state index contributed by atoms with van der Waals surface area (Å²) in [5.74, 6) is -1.29. The molecule has 33 heavy (non-hydrogen) atoms. The Bertz CT molecular complexity index is 1090. The SMILES string of the molecule is CCCCCCCCCc1ccc(-c2ccc(C(=O)Oc3ccc(C#N)c(F)c3)cc2)nn1. The fourth-order valence-corrected chi connectivity index (χ4v) is 3.50. The minimum atomic E-state index is -0.729. The lowest BCUT2D eigenvalue weighted by molar-refractivity contribution is 0.0734. The van der Waals surface area contributed by atoms with Crippen LogP contribution >= 0.6 is 0 Å². The molecule has 0 unspecified atom stereocenters. The van der Waals surface area contributed by atoms with Gasteiger partial charge in [0.15, 0.2) is 0 Å². The smallest absolute Gasteiger partial charge is 0.343 e. The molecule has 0 saturated heterocycles. The maximum absolute atomic E-state index is 13.7. The number of unbranched alkanes of at least 4 members (excludes halogenated alkanes) is 6. The molecule has 1 heterocycles. The molecular weight excluding hydrogens is 417 g/mol. The van der Waals surface area contributed by atoms with E-state index in [1.54, 1.807) is 30.3 Å². The van der Waals surface area contributed by atoms with Gasteiger partial charge in [0.2, 0.25) is 0 Å². The molecule has 6 heteroatoms. The Kier molecular flexibility index (Phi) is 9.08. The van der Waals surface area contributed by atoms with Crippen molar-refractivity contribution in [3.05, 3.63) is 77.2 Å². The molecule has 0 amide bonds. The van der Waals surface area contributed by atoms with Gasteiger partial charge in [-0.1, -0.05) is 57.6 Å². The van der Waals surface area contributed by atoms with Crippen molar-refractivity contribution in [1.29, 1.82) is 5.26 Å². The third-order valence-electron chi connectivity index (χ3n) is 5.44. The standard InChI is InChI=1S/C27H28FN3O2/c1-2-3-4-5-6-7-8-9-23-15-17-26(31-30-23)20-10-12-21(13-11-20)27(32)33-24-16-14-22(19-29)25(28)18-24/h10-18H,2-9H2,1H3. The first-order valence-electron chi connectivity index (χ1n) is 11.5. The number of aromatic nitrogens is 2. The molecule has 0 aliphatic heterocycles. The van der Waals surface area contributed by atoms with Crippen molar-refractivity contribution in [3.8, 4) is 23.1 Å². The second-order valence-corrected chi connectivity index (χ2v) is 8.00. The van der Waals surface area contributed by atoms with Crippen LogP contribution in [0, 0.1) is 17.1 Å². The van der Waals surface area contributed by atoms with Gasteiger partial charge >= 0.3 is 5.97 Å². The van der Waals surface area contributed by atoms with Gasteiger partial charge in [0.1, 0.15) is 17.6 Å². The van der Waals surface area contributed by atoms with Crippen LogP contribution in [-0.2, 0) is 6.42 Å². The minimum Gasteiger partial charge on any atom is -0.423 e. The molecule has 0 aliphatic rings. The second-order valence-electron chi connectivity index (χ2n) is 8.00. The maximum Gasteiger partial charge on any atom is 0.343 e. The summed E-state index contributed by atoms with van der Waals surface area (Å²) in [6.07, 6.45) is 9.80. The van der Waals surface area contributed by atoms with Crippen LogP contribution in [0.15, 0.2) is 54.6 Å². The number of carbonyl (C=O) groups is 1. The molecule has 3 rings (SSSR count). The summed E-state index contributed by atoms with van der Waals surface area (Å²) >= 11 is 0. The number of nitrogens with zero attached hydrogens (tertiary/aromatic N) is 3. The first-order valence-corrected chi connectivity index (χ1v) is 11.5. The van der Waals surface area contributed by atoms with Crippen molar-refractivity contribution in [2.24, 2.45) is 0 Å². The predicted molar refractivity (Wildman–Crippen MR) is 125 cm³/mol. The van der Waals surface area contributed by atoms with Gasteiger partial charge in [0, 0.05) is 11.6 Å². The zero-order chi connectivity index (χ0) is 23.5. The largest absolute Gasteiger partial charge is 0.423 e.